The van der Waals surface area contributed by atoms with Gasteiger partial charge < -0.3 is 0 Å². The van der Waals surface area contributed by atoms with Gasteiger partial charge in [-0.3, -0.25) is 0 Å². The zero-order valence-electron chi connectivity index (χ0n) is 10.9. The van der Waals surface area contributed by atoms with Crippen molar-refractivity contribution in [3.8, 4) is 0 Å². The van der Waals surface area contributed by atoms with Crippen LogP contribution in [0.5, 0.6) is 0 Å². The fourth-order valence-corrected chi connectivity index (χ4v) is 3.05. The highest BCUT2D eigenvalue weighted by molar-refractivity contribution is 6.81. The van der Waals surface area contributed by atoms with Gasteiger partial charge in [-0.25, -0.2) is 0 Å². The lowest BCUT2D eigenvalue weighted by atomic mass is 10.0. The van der Waals surface area contributed by atoms with E-state index in [-0.39, 0.29) is 0 Å². The molecule has 0 aliphatic rings. The maximum Gasteiger partial charge on any atom is 0.0691 e. The summed E-state index contributed by atoms with van der Waals surface area (Å²) in [4.78, 5) is 0. The summed E-state index contributed by atoms with van der Waals surface area (Å²) in [6.07, 6.45) is 0.994. The second-order valence-corrected chi connectivity index (χ2v) is 10.6. The fraction of sp³-hybridized carbons (Fsp3) is 0.333. The van der Waals surface area contributed by atoms with Crippen LogP contribution in [0.3, 0.4) is 0 Å². The van der Waals surface area contributed by atoms with Crippen molar-refractivity contribution < 1.29 is 0 Å². The first-order valence-electron chi connectivity index (χ1n) is 5.80. The summed E-state index contributed by atoms with van der Waals surface area (Å²) in [5.74, 6) is 0. The highest BCUT2D eigenvalue weighted by Crippen LogP contribution is 2.24. The topological polar surface area (TPSA) is 0 Å². The molecule has 1 rings (SSSR count). The fourth-order valence-electron chi connectivity index (χ4n) is 1.74. The molecule has 0 nitrogen and oxygen atoms in total. The lowest BCUT2D eigenvalue weighted by molar-refractivity contribution is 1.24. The molecular formula is C15H22Si. The lowest BCUT2D eigenvalue weighted by Crippen LogP contribution is -2.16. The van der Waals surface area contributed by atoms with E-state index in [9.17, 15) is 0 Å². The molecule has 16 heavy (non-hydrogen) atoms. The summed E-state index contributed by atoms with van der Waals surface area (Å²) in [6.45, 7) is 13.2. The van der Waals surface area contributed by atoms with Crippen LogP contribution >= 0.6 is 0 Å². The summed E-state index contributed by atoms with van der Waals surface area (Å²) in [7, 11) is -1.17. The molecule has 0 radical (unpaired) electrons. The Balaban J connectivity index is 3.07. The van der Waals surface area contributed by atoms with Crippen LogP contribution in [0, 0.1) is 0 Å². The van der Waals surface area contributed by atoms with Gasteiger partial charge in [0.25, 0.3) is 0 Å². The Morgan fingerprint density at radius 3 is 2.19 bits per heavy atom. The van der Waals surface area contributed by atoms with Crippen LogP contribution < -0.4 is 0 Å². The van der Waals surface area contributed by atoms with Gasteiger partial charge in [-0.15, -0.1) is 0 Å². The normalized spacial score (nSPS) is 12.6. The molecule has 1 aromatic rings. The van der Waals surface area contributed by atoms with Gasteiger partial charge >= 0.3 is 0 Å². The third-order valence-electron chi connectivity index (χ3n) is 2.24. The van der Waals surface area contributed by atoms with Gasteiger partial charge in [0.15, 0.2) is 0 Å². The third-order valence-corrected chi connectivity index (χ3v) is 3.46. The van der Waals surface area contributed by atoms with Crippen LogP contribution in [0.1, 0.15) is 18.9 Å². The first-order valence-corrected chi connectivity index (χ1v) is 9.38. The molecule has 0 unspecified atom stereocenters. The molecule has 0 atom stereocenters. The zero-order chi connectivity index (χ0) is 12.2. The monoisotopic (exact) mass is 230 g/mol. The van der Waals surface area contributed by atoms with E-state index < -0.39 is 8.07 Å². The largest absolute Gasteiger partial charge is 0.0998 e. The zero-order valence-corrected chi connectivity index (χ0v) is 11.9. The van der Waals surface area contributed by atoms with E-state index in [0.717, 1.165) is 6.42 Å². The van der Waals surface area contributed by atoms with E-state index >= 15 is 0 Å². The molecule has 0 aromatic heterocycles. The smallest absolute Gasteiger partial charge is 0.0691 e. The van der Waals surface area contributed by atoms with Crippen molar-refractivity contribution in [1.29, 1.82) is 0 Å². The van der Waals surface area contributed by atoms with Gasteiger partial charge in [-0.1, -0.05) is 67.8 Å². The standard InChI is InChI=1S/C15H22Si/c1-13(2)11-15(12-16(3,4)5)14-9-7-6-8-10-14/h6-10,12H,1,11H2,2-5H3/b15-12+. The van der Waals surface area contributed by atoms with Crippen LogP contribution in [0.4, 0.5) is 0 Å². The number of hydrogen-bond acceptors (Lipinski definition) is 0. The van der Waals surface area contributed by atoms with Crippen LogP contribution in [-0.4, -0.2) is 8.07 Å². The quantitative estimate of drug-likeness (QED) is 0.509. The van der Waals surface area contributed by atoms with E-state index in [1.807, 2.05) is 0 Å². The van der Waals surface area contributed by atoms with Crippen molar-refractivity contribution >= 4 is 13.6 Å². The molecule has 0 aliphatic heterocycles. The maximum absolute atomic E-state index is 4.03. The minimum absolute atomic E-state index is 0.994. The first-order chi connectivity index (χ1) is 7.38. The van der Waals surface area contributed by atoms with Gasteiger partial charge in [0.05, 0.1) is 8.07 Å². The number of allylic oxidation sites excluding steroid dienone is 2. The Labute approximate surface area is 101 Å². The molecule has 0 amide bonds. The lowest BCUT2D eigenvalue weighted by Gasteiger charge is -2.15. The Kier molecular flexibility index (Phi) is 4.31. The predicted octanol–water partition coefficient (Wildman–Crippen LogP) is 4.91. The highest BCUT2D eigenvalue weighted by atomic mass is 28.3. The van der Waals surface area contributed by atoms with E-state index in [1.54, 1.807) is 0 Å². The number of rotatable bonds is 4. The molecule has 0 aliphatic carbocycles. The van der Waals surface area contributed by atoms with Gasteiger partial charge in [0.1, 0.15) is 0 Å². The van der Waals surface area contributed by atoms with Gasteiger partial charge in [0, 0.05) is 0 Å². The van der Waals surface area contributed by atoms with Crippen LogP contribution in [0.2, 0.25) is 19.6 Å². The maximum atomic E-state index is 4.03. The second-order valence-electron chi connectivity index (χ2n) is 5.54. The van der Waals surface area contributed by atoms with Crippen LogP contribution in [0.25, 0.3) is 5.57 Å². The number of benzene rings is 1. The van der Waals surface area contributed by atoms with E-state index in [1.165, 1.54) is 16.7 Å². The summed E-state index contributed by atoms with van der Waals surface area (Å²) < 4.78 is 0. The van der Waals surface area contributed by atoms with Crippen molar-refractivity contribution in [2.75, 3.05) is 0 Å². The molecular weight excluding hydrogens is 208 g/mol. The third kappa shape index (κ3) is 4.62. The van der Waals surface area contributed by atoms with Crippen molar-refractivity contribution in [2.24, 2.45) is 0 Å². The Bertz CT molecular complexity index is 380. The van der Waals surface area contributed by atoms with Gasteiger partial charge in [-0.2, -0.15) is 0 Å². The van der Waals surface area contributed by atoms with Crippen molar-refractivity contribution in [3.63, 3.8) is 0 Å². The van der Waals surface area contributed by atoms with Crippen molar-refractivity contribution in [1.82, 2.24) is 0 Å². The van der Waals surface area contributed by atoms with Gasteiger partial charge in [0.2, 0.25) is 0 Å². The molecule has 86 valence electrons. The summed E-state index contributed by atoms with van der Waals surface area (Å²) in [5, 5.41) is 0. The molecule has 0 fully saturated rings. The molecule has 0 bridgehead atoms. The molecule has 1 heteroatoms. The molecule has 0 saturated carbocycles. The number of hydrogen-bond donors (Lipinski definition) is 0. The Hall–Kier alpha value is -1.08. The Morgan fingerprint density at radius 2 is 1.75 bits per heavy atom. The van der Waals surface area contributed by atoms with E-state index in [2.05, 4.69) is 69.2 Å². The minimum atomic E-state index is -1.17. The van der Waals surface area contributed by atoms with Crippen molar-refractivity contribution in [2.45, 2.75) is 33.0 Å². The molecule has 0 saturated heterocycles. The average molecular weight is 230 g/mol. The van der Waals surface area contributed by atoms with Crippen LogP contribution in [0.15, 0.2) is 48.2 Å². The molecule has 1 aromatic carbocycles. The van der Waals surface area contributed by atoms with Crippen molar-refractivity contribution in [3.05, 3.63) is 53.7 Å². The van der Waals surface area contributed by atoms with E-state index in [4.69, 9.17) is 0 Å². The second kappa shape index (κ2) is 5.31. The summed E-state index contributed by atoms with van der Waals surface area (Å²) in [5.41, 5.74) is 6.49. The SMILES string of the molecule is C=C(C)C/C(=C\[Si](C)(C)C)c1ccccc1. The molecule has 0 spiro atoms. The van der Waals surface area contributed by atoms with Gasteiger partial charge in [-0.05, 0) is 24.5 Å². The molecule has 0 heterocycles. The minimum Gasteiger partial charge on any atom is -0.0998 e. The summed E-state index contributed by atoms with van der Waals surface area (Å²) >= 11 is 0. The average Bonchev–Trinajstić information content (AvgIpc) is 2.15. The molecule has 0 N–H and O–H groups in total. The highest BCUT2D eigenvalue weighted by Gasteiger charge is 2.12. The Morgan fingerprint density at radius 1 is 1.19 bits per heavy atom. The summed E-state index contributed by atoms with van der Waals surface area (Å²) in [6, 6.07) is 10.7. The first kappa shape index (κ1) is 13.0. The van der Waals surface area contributed by atoms with Crippen LogP contribution in [-0.2, 0) is 0 Å². The van der Waals surface area contributed by atoms with E-state index in [0.29, 0.717) is 0 Å². The predicted molar refractivity (Wildman–Crippen MR) is 77.2 cm³/mol.